The molecule has 1 saturated heterocycles. The van der Waals surface area contributed by atoms with E-state index in [4.69, 9.17) is 0 Å². The van der Waals surface area contributed by atoms with Crippen molar-refractivity contribution >= 4 is 17.4 Å². The van der Waals surface area contributed by atoms with Gasteiger partial charge < -0.3 is 4.74 Å². The minimum absolute atomic E-state index is 0.387. The average Bonchev–Trinajstić information content (AvgIpc) is 3.10. The van der Waals surface area contributed by atoms with Gasteiger partial charge in [-0.1, -0.05) is 19.1 Å². The molecule has 0 spiro atoms. The SMILES string of the molecule is CC[C@]1(C)[C@@H](c2cccc(OC(F)(F)F)c2)N(c2ccc(C#N)cc2)C(=O)N1c1ccc(C#N)cc1. The van der Waals surface area contributed by atoms with E-state index in [1.807, 2.05) is 26.0 Å². The summed E-state index contributed by atoms with van der Waals surface area (Å²) in [6.07, 6.45) is -4.40. The van der Waals surface area contributed by atoms with Crippen LogP contribution in [0.1, 0.15) is 43.0 Å². The monoisotopic (exact) mass is 490 g/mol. The maximum atomic E-state index is 14.0. The van der Waals surface area contributed by atoms with Gasteiger partial charge in [0.15, 0.2) is 0 Å². The van der Waals surface area contributed by atoms with Gasteiger partial charge in [0.1, 0.15) is 5.75 Å². The molecule has 6 nitrogen and oxygen atoms in total. The number of hydrogen-bond donors (Lipinski definition) is 0. The van der Waals surface area contributed by atoms with Crippen molar-refractivity contribution in [2.75, 3.05) is 9.80 Å². The molecule has 0 saturated carbocycles. The molecule has 2 amide bonds. The van der Waals surface area contributed by atoms with Crippen LogP contribution < -0.4 is 14.5 Å². The first kappa shape index (κ1) is 24.6. The number of rotatable bonds is 5. The topological polar surface area (TPSA) is 80.4 Å². The van der Waals surface area contributed by atoms with E-state index >= 15 is 0 Å². The highest BCUT2D eigenvalue weighted by atomic mass is 19.4. The zero-order valence-corrected chi connectivity index (χ0v) is 19.5. The zero-order chi connectivity index (χ0) is 26.1. The first-order valence-corrected chi connectivity index (χ1v) is 11.1. The fourth-order valence-corrected chi connectivity index (χ4v) is 4.62. The van der Waals surface area contributed by atoms with E-state index in [0.717, 1.165) is 0 Å². The van der Waals surface area contributed by atoms with Gasteiger partial charge in [0, 0.05) is 11.4 Å². The molecule has 0 bridgehead atoms. The van der Waals surface area contributed by atoms with Crippen LogP contribution in [0.15, 0.2) is 72.8 Å². The van der Waals surface area contributed by atoms with Crippen molar-refractivity contribution in [1.29, 1.82) is 10.5 Å². The summed E-state index contributed by atoms with van der Waals surface area (Å²) < 4.78 is 43.0. The highest BCUT2D eigenvalue weighted by Crippen LogP contribution is 2.50. The first-order valence-electron chi connectivity index (χ1n) is 11.1. The van der Waals surface area contributed by atoms with Gasteiger partial charge >= 0.3 is 12.4 Å². The number of hydrogen-bond acceptors (Lipinski definition) is 4. The zero-order valence-electron chi connectivity index (χ0n) is 19.5. The third kappa shape index (κ3) is 4.44. The van der Waals surface area contributed by atoms with Crippen molar-refractivity contribution in [3.8, 4) is 17.9 Å². The first-order chi connectivity index (χ1) is 17.1. The highest BCUT2D eigenvalue weighted by Gasteiger charge is 2.55. The van der Waals surface area contributed by atoms with Crippen molar-refractivity contribution in [2.24, 2.45) is 0 Å². The number of carbonyl (C=O) groups excluding carboxylic acids is 1. The molecule has 0 aliphatic carbocycles. The number of urea groups is 1. The molecule has 1 aliphatic rings. The van der Waals surface area contributed by atoms with Crippen molar-refractivity contribution in [3.63, 3.8) is 0 Å². The van der Waals surface area contributed by atoms with Crippen LogP contribution in [0.4, 0.5) is 29.3 Å². The standard InChI is InChI=1S/C27H21F3N4O2/c1-3-26(2)24(20-5-4-6-23(15-20)36-27(28,29)30)33(21-11-7-18(16-31)8-12-21)25(35)34(26)22-13-9-19(17-32)10-14-22/h4-15,24H,3H2,1-2H3/t24-,26-/m1/s1. The molecule has 2 atom stereocenters. The molecule has 0 unspecified atom stereocenters. The lowest BCUT2D eigenvalue weighted by Crippen LogP contribution is -2.45. The molecule has 1 fully saturated rings. The van der Waals surface area contributed by atoms with Crippen LogP contribution in [-0.4, -0.2) is 17.9 Å². The van der Waals surface area contributed by atoms with Gasteiger partial charge in [0.25, 0.3) is 0 Å². The fourth-order valence-electron chi connectivity index (χ4n) is 4.62. The van der Waals surface area contributed by atoms with Crippen molar-refractivity contribution in [3.05, 3.63) is 89.5 Å². The van der Waals surface area contributed by atoms with E-state index < -0.39 is 17.9 Å². The van der Waals surface area contributed by atoms with Crippen LogP contribution in [0.2, 0.25) is 0 Å². The Morgan fingerprint density at radius 3 is 2.00 bits per heavy atom. The Labute approximate surface area is 206 Å². The van der Waals surface area contributed by atoms with Crippen molar-refractivity contribution < 1.29 is 22.7 Å². The van der Waals surface area contributed by atoms with Gasteiger partial charge in [0.05, 0.1) is 34.8 Å². The number of anilines is 2. The molecule has 0 aromatic heterocycles. The normalized spacial score (nSPS) is 19.6. The second-order valence-electron chi connectivity index (χ2n) is 8.54. The summed E-state index contributed by atoms with van der Waals surface area (Å²) in [6.45, 7) is 3.77. The minimum Gasteiger partial charge on any atom is -0.406 e. The number of nitrogens with zero attached hydrogens (tertiary/aromatic N) is 4. The minimum atomic E-state index is -4.86. The smallest absolute Gasteiger partial charge is 0.406 e. The lowest BCUT2D eigenvalue weighted by Gasteiger charge is -2.38. The summed E-state index contributed by atoms with van der Waals surface area (Å²) in [4.78, 5) is 17.1. The third-order valence-corrected chi connectivity index (χ3v) is 6.41. The molecule has 1 heterocycles. The lowest BCUT2D eigenvalue weighted by molar-refractivity contribution is -0.274. The van der Waals surface area contributed by atoms with Crippen LogP contribution in [0, 0.1) is 22.7 Å². The Morgan fingerprint density at radius 1 is 0.944 bits per heavy atom. The van der Waals surface area contributed by atoms with Crippen LogP contribution >= 0.6 is 0 Å². The third-order valence-electron chi connectivity index (χ3n) is 6.41. The van der Waals surface area contributed by atoms with E-state index in [9.17, 15) is 28.5 Å². The Hall–Kier alpha value is -4.50. The Morgan fingerprint density at radius 2 is 1.50 bits per heavy atom. The second-order valence-corrected chi connectivity index (χ2v) is 8.54. The Kier molecular flexibility index (Phi) is 6.34. The predicted molar refractivity (Wildman–Crippen MR) is 127 cm³/mol. The number of benzene rings is 3. The van der Waals surface area contributed by atoms with E-state index in [1.54, 1.807) is 59.5 Å². The van der Waals surface area contributed by atoms with Crippen LogP contribution in [-0.2, 0) is 0 Å². The maximum absolute atomic E-state index is 14.0. The molecule has 0 radical (unpaired) electrons. The van der Waals surface area contributed by atoms with Gasteiger partial charge in [-0.3, -0.25) is 9.80 Å². The van der Waals surface area contributed by atoms with E-state index in [1.165, 1.54) is 23.1 Å². The van der Waals surface area contributed by atoms with E-state index in [-0.39, 0.29) is 11.8 Å². The molecule has 0 N–H and O–H groups in total. The molecule has 1 aliphatic heterocycles. The molecule has 9 heteroatoms. The number of alkyl halides is 3. The average molecular weight is 490 g/mol. The summed E-state index contributed by atoms with van der Waals surface area (Å²) in [5.41, 5.74) is 1.44. The van der Waals surface area contributed by atoms with Gasteiger partial charge in [-0.15, -0.1) is 13.2 Å². The molecule has 3 aromatic rings. The molecule has 3 aromatic carbocycles. The number of ether oxygens (including phenoxy) is 1. The summed E-state index contributed by atoms with van der Waals surface area (Å²) in [7, 11) is 0. The van der Waals surface area contributed by atoms with Gasteiger partial charge in [0.2, 0.25) is 0 Å². The Bertz CT molecular complexity index is 1360. The van der Waals surface area contributed by atoms with Gasteiger partial charge in [-0.05, 0) is 79.6 Å². The largest absolute Gasteiger partial charge is 0.573 e. The van der Waals surface area contributed by atoms with Gasteiger partial charge in [-0.25, -0.2) is 4.79 Å². The maximum Gasteiger partial charge on any atom is 0.573 e. The number of amides is 2. The van der Waals surface area contributed by atoms with Crippen molar-refractivity contribution in [1.82, 2.24) is 0 Å². The quantitative estimate of drug-likeness (QED) is 0.399. The molecule has 4 rings (SSSR count). The van der Waals surface area contributed by atoms with Crippen LogP contribution in [0.25, 0.3) is 0 Å². The molecular weight excluding hydrogens is 469 g/mol. The van der Waals surface area contributed by atoms with Gasteiger partial charge in [-0.2, -0.15) is 10.5 Å². The van der Waals surface area contributed by atoms with Crippen LogP contribution in [0.3, 0.4) is 0 Å². The second kappa shape index (κ2) is 9.27. The predicted octanol–water partition coefficient (Wildman–Crippen LogP) is 6.69. The van der Waals surface area contributed by atoms with E-state index in [0.29, 0.717) is 34.5 Å². The molecular formula is C27H21F3N4O2. The summed E-state index contributed by atoms with van der Waals surface area (Å²) in [6, 6.07) is 21.6. The number of carbonyl (C=O) groups is 1. The number of nitriles is 2. The van der Waals surface area contributed by atoms with Crippen molar-refractivity contribution in [2.45, 2.75) is 38.2 Å². The summed E-state index contributed by atoms with van der Waals surface area (Å²) >= 11 is 0. The number of halogens is 3. The summed E-state index contributed by atoms with van der Waals surface area (Å²) in [5, 5.41) is 18.4. The van der Waals surface area contributed by atoms with E-state index in [2.05, 4.69) is 4.74 Å². The molecule has 36 heavy (non-hydrogen) atoms. The van der Waals surface area contributed by atoms with Crippen LogP contribution in [0.5, 0.6) is 5.75 Å². The lowest BCUT2D eigenvalue weighted by atomic mass is 9.83. The Balaban J connectivity index is 1.90. The fraction of sp³-hybridized carbons (Fsp3) is 0.222. The molecule has 182 valence electrons. The highest BCUT2D eigenvalue weighted by molar-refractivity contribution is 6.08. The summed E-state index contributed by atoms with van der Waals surface area (Å²) in [5.74, 6) is -0.387.